The van der Waals surface area contributed by atoms with Crippen LogP contribution in [0.25, 0.3) is 0 Å². The third-order valence-electron chi connectivity index (χ3n) is 5.11. The van der Waals surface area contributed by atoms with E-state index in [2.05, 4.69) is 68.3 Å². The molecule has 0 amide bonds. The molecule has 0 unspecified atom stereocenters. The van der Waals surface area contributed by atoms with Gasteiger partial charge in [-0.2, -0.15) is 5.10 Å². The van der Waals surface area contributed by atoms with E-state index < -0.39 is 0 Å². The lowest BCUT2D eigenvalue weighted by atomic mass is 9.94. The van der Waals surface area contributed by atoms with Gasteiger partial charge in [0, 0.05) is 25.7 Å². The van der Waals surface area contributed by atoms with Crippen molar-refractivity contribution in [2.45, 2.75) is 40.5 Å². The molecule has 3 N–H and O–H groups in total. The molecular weight excluding hydrogens is 430 g/mol. The Morgan fingerprint density at radius 3 is 2.33 bits per heavy atom. The molecule has 7 heteroatoms. The predicted octanol–water partition coefficient (Wildman–Crippen LogP) is 4.86. The van der Waals surface area contributed by atoms with Crippen molar-refractivity contribution in [1.29, 1.82) is 0 Å². The van der Waals surface area contributed by atoms with E-state index in [4.69, 9.17) is 18.0 Å². The van der Waals surface area contributed by atoms with Gasteiger partial charge in [-0.3, -0.25) is 10.2 Å². The van der Waals surface area contributed by atoms with Gasteiger partial charge in [0.15, 0.2) is 0 Å². The number of nitrogens with one attached hydrogen (secondary N) is 1. The van der Waals surface area contributed by atoms with Crippen LogP contribution in [-0.4, -0.2) is 56.1 Å². The molecule has 0 bridgehead atoms. The molecule has 0 radical (unpaired) electrons. The fourth-order valence-electron chi connectivity index (χ4n) is 3.09. The van der Waals surface area contributed by atoms with Crippen molar-refractivity contribution in [2.24, 2.45) is 5.10 Å². The number of nitrogen functional groups attached to an aromatic ring is 1. The molecule has 2 rings (SSSR count). The van der Waals surface area contributed by atoms with Crippen molar-refractivity contribution < 1.29 is 4.79 Å². The molecule has 0 saturated heterocycles. The largest absolute Gasteiger partial charge is 0.397 e. The zero-order valence-electron chi connectivity index (χ0n) is 21.3. The minimum atomic E-state index is 0.304. The summed E-state index contributed by atoms with van der Waals surface area (Å²) in [5, 5.41) is 4.19. The zero-order chi connectivity index (χ0) is 25.1. The molecule has 33 heavy (non-hydrogen) atoms. The van der Waals surface area contributed by atoms with Crippen LogP contribution in [-0.2, 0) is 0 Å². The molecule has 2 aromatic carbocycles. The van der Waals surface area contributed by atoms with Crippen molar-refractivity contribution in [2.75, 3.05) is 44.9 Å². The van der Waals surface area contributed by atoms with Crippen LogP contribution in [0.3, 0.4) is 0 Å². The highest BCUT2D eigenvalue weighted by Gasteiger charge is 2.09. The van der Waals surface area contributed by atoms with Crippen LogP contribution >= 0.6 is 12.2 Å². The molecule has 2 aromatic rings. The maximum Gasteiger partial charge on any atom is 0.150 e. The Hall–Kier alpha value is -2.77. The molecule has 0 heterocycles. The number of aryl methyl sites for hydroxylation is 1. The van der Waals surface area contributed by atoms with Crippen LogP contribution < -0.4 is 16.1 Å². The fraction of sp³-hybridized carbons (Fsp3) is 0.423. The lowest BCUT2D eigenvalue weighted by Crippen LogP contribution is -2.28. The van der Waals surface area contributed by atoms with Gasteiger partial charge in [-0.15, -0.1) is 0 Å². The lowest BCUT2D eigenvalue weighted by molar-refractivity contribution is 0.112. The Kier molecular flexibility index (Phi) is 11.7. The Morgan fingerprint density at radius 1 is 1.12 bits per heavy atom. The number of hydrogen-bond donors (Lipinski definition) is 2. The first-order valence-corrected chi connectivity index (χ1v) is 11.5. The Labute approximate surface area is 204 Å². The number of hydrogen-bond acceptors (Lipinski definition) is 6. The van der Waals surface area contributed by atoms with Crippen molar-refractivity contribution in [3.8, 4) is 0 Å². The monoisotopic (exact) mass is 469 g/mol. The summed E-state index contributed by atoms with van der Waals surface area (Å²) in [6.07, 6.45) is 0.894. The van der Waals surface area contributed by atoms with E-state index in [-0.39, 0.29) is 0 Å². The fourth-order valence-corrected chi connectivity index (χ4v) is 3.13. The van der Waals surface area contributed by atoms with Crippen LogP contribution in [0, 0.1) is 6.92 Å². The van der Waals surface area contributed by atoms with Crippen molar-refractivity contribution >= 4 is 40.6 Å². The molecule has 0 atom stereocenters. The molecule has 0 aliphatic carbocycles. The van der Waals surface area contributed by atoms with E-state index in [1.807, 2.05) is 37.3 Å². The summed E-state index contributed by atoms with van der Waals surface area (Å²) in [6, 6.07) is 11.9. The van der Waals surface area contributed by atoms with Gasteiger partial charge in [0.2, 0.25) is 0 Å². The smallest absolute Gasteiger partial charge is 0.150 e. The third kappa shape index (κ3) is 9.72. The van der Waals surface area contributed by atoms with Gasteiger partial charge in [0.25, 0.3) is 0 Å². The standard InChI is InChI=1S/C14H18N2OS.C12H21N3/c1-9(2)14-7-12(5-6-13(14)8-17)10(3)15-16-11(4)18;1-10-5-6-11(13)12(9-10)15(4)8-7-14(2)3/h5-9H,1-4H3,(H,16,18);5-6,9H,7-8,13H2,1-4H3/b15-10+;. The van der Waals surface area contributed by atoms with E-state index in [0.29, 0.717) is 10.9 Å². The molecule has 6 nitrogen and oxygen atoms in total. The normalized spacial score (nSPS) is 11.2. The van der Waals surface area contributed by atoms with E-state index in [0.717, 1.165) is 53.2 Å². The average molecular weight is 470 g/mol. The average Bonchev–Trinajstić information content (AvgIpc) is 2.77. The van der Waals surface area contributed by atoms with Gasteiger partial charge >= 0.3 is 0 Å². The molecule has 0 saturated carbocycles. The molecule has 0 aromatic heterocycles. The van der Waals surface area contributed by atoms with Crippen molar-refractivity contribution in [1.82, 2.24) is 10.3 Å². The summed E-state index contributed by atoms with van der Waals surface area (Å²) in [5.74, 6) is 0.304. The van der Waals surface area contributed by atoms with E-state index >= 15 is 0 Å². The maximum absolute atomic E-state index is 11.0. The number of nitrogens with zero attached hydrogens (tertiary/aromatic N) is 3. The minimum Gasteiger partial charge on any atom is -0.397 e. The number of nitrogens with two attached hydrogens (primary N) is 1. The molecule has 0 aliphatic rings. The van der Waals surface area contributed by atoms with Crippen LogP contribution in [0.4, 0.5) is 11.4 Å². The summed E-state index contributed by atoms with van der Waals surface area (Å²) >= 11 is 4.91. The highest BCUT2D eigenvalue weighted by molar-refractivity contribution is 7.80. The number of likely N-dealkylation sites (N-methyl/N-ethyl adjacent to an activating group) is 2. The highest BCUT2D eigenvalue weighted by atomic mass is 32.1. The van der Waals surface area contributed by atoms with Gasteiger partial charge in [-0.05, 0) is 75.7 Å². The lowest BCUT2D eigenvalue weighted by Gasteiger charge is -2.23. The number of benzene rings is 2. The molecule has 0 fully saturated rings. The second-order valence-corrected chi connectivity index (χ2v) is 9.38. The van der Waals surface area contributed by atoms with Gasteiger partial charge in [0.05, 0.1) is 22.1 Å². The Bertz CT molecular complexity index is 969. The van der Waals surface area contributed by atoms with Gasteiger partial charge in [-0.25, -0.2) is 0 Å². The SMILES string of the molecule is CC(=S)N/N=C(\C)c1ccc(C=O)c(C(C)C)c1.Cc1ccc(N)c(N(C)CCN(C)C)c1. The molecule has 180 valence electrons. The summed E-state index contributed by atoms with van der Waals surface area (Å²) in [7, 11) is 6.23. The first-order chi connectivity index (χ1) is 15.5. The Balaban J connectivity index is 0.000000335. The number of anilines is 2. The van der Waals surface area contributed by atoms with Crippen LogP contribution in [0.1, 0.15) is 60.7 Å². The number of aldehydes is 1. The second-order valence-electron chi connectivity index (χ2n) is 8.77. The minimum absolute atomic E-state index is 0.304. The van der Waals surface area contributed by atoms with Gasteiger partial charge < -0.3 is 15.5 Å². The number of thiocarbonyl (C=S) groups is 1. The van der Waals surface area contributed by atoms with Crippen molar-refractivity contribution in [3.05, 3.63) is 58.7 Å². The number of carbonyl (C=O) groups is 1. The van der Waals surface area contributed by atoms with Crippen molar-refractivity contribution in [3.63, 3.8) is 0 Å². The van der Waals surface area contributed by atoms with Crippen LogP contribution in [0.15, 0.2) is 41.5 Å². The predicted molar refractivity (Wildman–Crippen MR) is 147 cm³/mol. The maximum atomic E-state index is 11.0. The summed E-state index contributed by atoms with van der Waals surface area (Å²) in [6.45, 7) is 11.9. The van der Waals surface area contributed by atoms with Crippen LogP contribution in [0.2, 0.25) is 0 Å². The number of carbonyl (C=O) groups excluding carboxylic acids is 1. The zero-order valence-corrected chi connectivity index (χ0v) is 22.1. The topological polar surface area (TPSA) is 74.0 Å². The first kappa shape index (κ1) is 28.3. The summed E-state index contributed by atoms with van der Waals surface area (Å²) < 4.78 is 0. The van der Waals surface area contributed by atoms with E-state index in [9.17, 15) is 4.79 Å². The quantitative estimate of drug-likeness (QED) is 0.189. The summed E-state index contributed by atoms with van der Waals surface area (Å²) in [4.78, 5) is 16.0. The van der Waals surface area contributed by atoms with E-state index in [1.54, 1.807) is 6.92 Å². The number of rotatable bonds is 8. The molecule has 0 spiro atoms. The third-order valence-corrected chi connectivity index (χ3v) is 5.21. The van der Waals surface area contributed by atoms with Crippen LogP contribution in [0.5, 0.6) is 0 Å². The highest BCUT2D eigenvalue weighted by Crippen LogP contribution is 2.23. The first-order valence-electron chi connectivity index (χ1n) is 11.1. The van der Waals surface area contributed by atoms with Gasteiger partial charge in [-0.1, -0.05) is 44.3 Å². The molecular formula is C26H39N5OS. The van der Waals surface area contributed by atoms with E-state index in [1.165, 1.54) is 5.56 Å². The second kappa shape index (κ2) is 13.7. The van der Waals surface area contributed by atoms with Gasteiger partial charge in [0.1, 0.15) is 6.29 Å². The Morgan fingerprint density at radius 2 is 1.79 bits per heavy atom. The summed E-state index contributed by atoms with van der Waals surface area (Å²) in [5.41, 5.74) is 15.5. The number of hydrazone groups is 1. The molecule has 0 aliphatic heterocycles.